The van der Waals surface area contributed by atoms with E-state index in [0.29, 0.717) is 28.1 Å². The van der Waals surface area contributed by atoms with Crippen LogP contribution >= 0.6 is 0 Å². The summed E-state index contributed by atoms with van der Waals surface area (Å²) in [7, 11) is 0. The number of hydrogen-bond donors (Lipinski definition) is 1. The zero-order valence-electron chi connectivity index (χ0n) is 15.6. The standard InChI is InChI=1S/C25H17N2O2/c1-16-8-7-12-20(25(28)29-17-9-3-2-4-10-17)22(16)24-23-19(14-15-26-24)18-11-5-6-13-21(18)27-23/h2-15,27H,1H2. The van der Waals surface area contributed by atoms with Crippen LogP contribution in [0.1, 0.15) is 15.9 Å². The lowest BCUT2D eigenvalue weighted by Gasteiger charge is -2.12. The number of aromatic amines is 1. The molecular weight excluding hydrogens is 360 g/mol. The first-order valence-electron chi connectivity index (χ1n) is 9.30. The van der Waals surface area contributed by atoms with Crippen LogP contribution in [-0.4, -0.2) is 15.9 Å². The van der Waals surface area contributed by atoms with Crippen LogP contribution in [0.3, 0.4) is 0 Å². The van der Waals surface area contributed by atoms with Crippen LogP contribution in [0.2, 0.25) is 0 Å². The number of benzene rings is 3. The smallest absolute Gasteiger partial charge is 0.344 e. The molecule has 5 aromatic rings. The molecule has 2 aromatic heterocycles. The van der Waals surface area contributed by atoms with Gasteiger partial charge in [-0.25, -0.2) is 4.79 Å². The fraction of sp³-hybridized carbons (Fsp3) is 0. The maximum absolute atomic E-state index is 13.0. The number of H-pyrrole nitrogens is 1. The van der Waals surface area contributed by atoms with E-state index in [2.05, 4.69) is 23.0 Å². The Kier molecular flexibility index (Phi) is 4.10. The molecule has 0 aliphatic heterocycles. The lowest BCUT2D eigenvalue weighted by Crippen LogP contribution is -2.11. The molecule has 5 rings (SSSR count). The van der Waals surface area contributed by atoms with Crippen LogP contribution in [0.15, 0.2) is 85.1 Å². The van der Waals surface area contributed by atoms with Gasteiger partial charge in [-0.05, 0) is 42.8 Å². The SMILES string of the molecule is [CH2]c1cccc(C(=O)Oc2ccccc2)c1-c1nccc2c1[nH]c1ccccc12. The third kappa shape index (κ3) is 2.95. The molecule has 29 heavy (non-hydrogen) atoms. The highest BCUT2D eigenvalue weighted by Gasteiger charge is 2.20. The molecule has 0 unspecified atom stereocenters. The van der Waals surface area contributed by atoms with Crippen molar-refractivity contribution < 1.29 is 9.53 Å². The third-order valence-electron chi connectivity index (χ3n) is 4.99. The zero-order chi connectivity index (χ0) is 19.8. The molecule has 0 saturated heterocycles. The highest BCUT2D eigenvalue weighted by Crippen LogP contribution is 2.35. The van der Waals surface area contributed by atoms with Crippen LogP contribution in [0.25, 0.3) is 33.1 Å². The number of fused-ring (bicyclic) bond motifs is 3. The minimum absolute atomic E-state index is 0.431. The topological polar surface area (TPSA) is 55.0 Å². The zero-order valence-corrected chi connectivity index (χ0v) is 15.6. The van der Waals surface area contributed by atoms with Crippen molar-refractivity contribution >= 4 is 27.8 Å². The number of carbonyl (C=O) groups is 1. The number of para-hydroxylation sites is 2. The molecule has 3 aromatic carbocycles. The van der Waals surface area contributed by atoms with E-state index in [1.54, 1.807) is 30.5 Å². The van der Waals surface area contributed by atoms with E-state index >= 15 is 0 Å². The highest BCUT2D eigenvalue weighted by atomic mass is 16.5. The summed E-state index contributed by atoms with van der Waals surface area (Å²) >= 11 is 0. The normalized spacial score (nSPS) is 11.1. The molecule has 0 atom stereocenters. The molecule has 0 spiro atoms. The van der Waals surface area contributed by atoms with Gasteiger partial charge in [0, 0.05) is 28.0 Å². The number of carbonyl (C=O) groups excluding carboxylic acids is 1. The van der Waals surface area contributed by atoms with E-state index in [4.69, 9.17) is 4.74 Å². The Bertz CT molecular complexity index is 1350. The van der Waals surface area contributed by atoms with Crippen molar-refractivity contribution in [1.29, 1.82) is 0 Å². The Morgan fingerprint density at radius 3 is 2.52 bits per heavy atom. The average Bonchev–Trinajstić information content (AvgIpc) is 3.13. The fourth-order valence-corrected chi connectivity index (χ4v) is 3.66. The Balaban J connectivity index is 1.70. The van der Waals surface area contributed by atoms with Crippen molar-refractivity contribution in [2.75, 3.05) is 0 Å². The summed E-state index contributed by atoms with van der Waals surface area (Å²) in [6.07, 6.45) is 1.76. The van der Waals surface area contributed by atoms with Gasteiger partial charge in [0.1, 0.15) is 5.75 Å². The van der Waals surface area contributed by atoms with Crippen LogP contribution in [-0.2, 0) is 0 Å². The number of rotatable bonds is 3. The van der Waals surface area contributed by atoms with E-state index < -0.39 is 5.97 Å². The van der Waals surface area contributed by atoms with Gasteiger partial charge in [-0.2, -0.15) is 0 Å². The van der Waals surface area contributed by atoms with Gasteiger partial charge < -0.3 is 9.72 Å². The van der Waals surface area contributed by atoms with Crippen molar-refractivity contribution in [3.63, 3.8) is 0 Å². The molecular formula is C25H17N2O2. The van der Waals surface area contributed by atoms with Crippen molar-refractivity contribution in [1.82, 2.24) is 9.97 Å². The summed E-state index contributed by atoms with van der Waals surface area (Å²) in [6, 6.07) is 24.5. The van der Waals surface area contributed by atoms with Crippen molar-refractivity contribution in [3.8, 4) is 17.0 Å². The van der Waals surface area contributed by atoms with Gasteiger partial charge in [0.2, 0.25) is 0 Å². The first-order valence-corrected chi connectivity index (χ1v) is 9.30. The Hall–Kier alpha value is -3.92. The van der Waals surface area contributed by atoms with Crippen molar-refractivity contribution in [3.05, 3.63) is 103 Å². The number of nitrogens with one attached hydrogen (secondary N) is 1. The quantitative estimate of drug-likeness (QED) is 0.320. The van der Waals surface area contributed by atoms with E-state index in [1.807, 2.05) is 48.5 Å². The highest BCUT2D eigenvalue weighted by molar-refractivity contribution is 6.12. The van der Waals surface area contributed by atoms with Crippen molar-refractivity contribution in [2.45, 2.75) is 0 Å². The number of esters is 1. The van der Waals surface area contributed by atoms with E-state index in [1.165, 1.54) is 0 Å². The lowest BCUT2D eigenvalue weighted by atomic mass is 9.97. The monoisotopic (exact) mass is 377 g/mol. The maximum Gasteiger partial charge on any atom is 0.344 e. The predicted octanol–water partition coefficient (Wildman–Crippen LogP) is 5.78. The van der Waals surface area contributed by atoms with Crippen LogP contribution < -0.4 is 4.74 Å². The minimum atomic E-state index is -0.438. The van der Waals surface area contributed by atoms with E-state index in [0.717, 1.165) is 21.8 Å². The molecule has 1 N–H and O–H groups in total. The molecule has 0 aliphatic rings. The van der Waals surface area contributed by atoms with Gasteiger partial charge in [-0.3, -0.25) is 4.98 Å². The summed E-state index contributed by atoms with van der Waals surface area (Å²) in [5.41, 5.74) is 4.39. The molecule has 139 valence electrons. The van der Waals surface area contributed by atoms with Crippen LogP contribution in [0.5, 0.6) is 5.75 Å². The van der Waals surface area contributed by atoms with Crippen molar-refractivity contribution in [2.24, 2.45) is 0 Å². The summed E-state index contributed by atoms with van der Waals surface area (Å²) in [6.45, 7) is 4.15. The molecule has 0 bridgehead atoms. The first-order chi connectivity index (χ1) is 14.2. The Labute approximate surface area is 167 Å². The maximum atomic E-state index is 13.0. The average molecular weight is 377 g/mol. The van der Waals surface area contributed by atoms with Crippen LogP contribution in [0, 0.1) is 6.92 Å². The van der Waals surface area contributed by atoms with E-state index in [9.17, 15) is 4.79 Å². The number of pyridine rings is 1. The van der Waals surface area contributed by atoms with Gasteiger partial charge in [-0.15, -0.1) is 0 Å². The van der Waals surface area contributed by atoms with E-state index in [-0.39, 0.29) is 0 Å². The second kappa shape index (κ2) is 6.91. The Morgan fingerprint density at radius 1 is 0.862 bits per heavy atom. The second-order valence-corrected chi connectivity index (χ2v) is 6.79. The number of hydrogen-bond acceptors (Lipinski definition) is 3. The summed E-state index contributed by atoms with van der Waals surface area (Å²) in [4.78, 5) is 21.0. The predicted molar refractivity (Wildman–Crippen MR) is 115 cm³/mol. The van der Waals surface area contributed by atoms with Gasteiger partial charge >= 0.3 is 5.97 Å². The van der Waals surface area contributed by atoms with Crippen LogP contribution in [0.4, 0.5) is 0 Å². The summed E-state index contributed by atoms with van der Waals surface area (Å²) in [5.74, 6) is 0.0568. The molecule has 2 heterocycles. The largest absolute Gasteiger partial charge is 0.423 e. The molecule has 0 saturated carbocycles. The van der Waals surface area contributed by atoms with Gasteiger partial charge in [-0.1, -0.05) is 48.5 Å². The number of ether oxygens (including phenoxy) is 1. The number of nitrogens with zero attached hydrogens (tertiary/aromatic N) is 1. The lowest BCUT2D eigenvalue weighted by molar-refractivity contribution is 0.0735. The summed E-state index contributed by atoms with van der Waals surface area (Å²) < 4.78 is 5.58. The number of aromatic nitrogens is 2. The van der Waals surface area contributed by atoms with Gasteiger partial charge in [0.25, 0.3) is 0 Å². The summed E-state index contributed by atoms with van der Waals surface area (Å²) in [5, 5.41) is 2.16. The molecule has 4 nitrogen and oxygen atoms in total. The first kappa shape index (κ1) is 17.2. The molecule has 0 fully saturated rings. The third-order valence-corrected chi connectivity index (χ3v) is 4.99. The molecule has 4 heteroatoms. The minimum Gasteiger partial charge on any atom is -0.423 e. The Morgan fingerprint density at radius 2 is 1.66 bits per heavy atom. The van der Waals surface area contributed by atoms with Gasteiger partial charge in [0.15, 0.2) is 0 Å². The molecule has 1 radical (unpaired) electrons. The fourth-order valence-electron chi connectivity index (χ4n) is 3.66. The second-order valence-electron chi connectivity index (χ2n) is 6.79. The van der Waals surface area contributed by atoms with Gasteiger partial charge in [0.05, 0.1) is 16.8 Å². The molecule has 0 amide bonds. The molecule has 0 aliphatic carbocycles.